The van der Waals surface area contributed by atoms with Crippen LogP contribution in [0.3, 0.4) is 0 Å². The smallest absolute Gasteiger partial charge is 0.145 e. The SMILES string of the molecule is CCN(CC)Cc1c(O)cc(O)c2ncccc12. The molecule has 0 aliphatic rings. The maximum absolute atomic E-state index is 10.0. The molecule has 0 radical (unpaired) electrons. The van der Waals surface area contributed by atoms with Gasteiger partial charge in [0.25, 0.3) is 0 Å². The summed E-state index contributed by atoms with van der Waals surface area (Å²) in [4.78, 5) is 6.37. The van der Waals surface area contributed by atoms with Crippen LogP contribution in [0.4, 0.5) is 0 Å². The summed E-state index contributed by atoms with van der Waals surface area (Å²) in [6.45, 7) is 6.65. The molecule has 18 heavy (non-hydrogen) atoms. The molecule has 2 rings (SSSR count). The molecule has 2 aromatic rings. The predicted octanol–water partition coefficient (Wildman–Crippen LogP) is 2.49. The van der Waals surface area contributed by atoms with Crippen molar-refractivity contribution in [3.05, 3.63) is 30.0 Å². The summed E-state index contributed by atoms with van der Waals surface area (Å²) in [5.41, 5.74) is 1.36. The second kappa shape index (κ2) is 5.23. The number of phenols is 2. The van der Waals surface area contributed by atoms with Gasteiger partial charge >= 0.3 is 0 Å². The molecule has 0 amide bonds. The Morgan fingerprint density at radius 3 is 2.56 bits per heavy atom. The van der Waals surface area contributed by atoms with Crippen molar-refractivity contribution in [1.29, 1.82) is 0 Å². The van der Waals surface area contributed by atoms with E-state index in [9.17, 15) is 10.2 Å². The Hall–Kier alpha value is -1.81. The number of hydrogen-bond donors (Lipinski definition) is 2. The molecule has 0 aliphatic heterocycles. The van der Waals surface area contributed by atoms with E-state index in [4.69, 9.17) is 0 Å². The molecule has 0 atom stereocenters. The van der Waals surface area contributed by atoms with Crippen molar-refractivity contribution in [2.75, 3.05) is 13.1 Å². The fourth-order valence-corrected chi connectivity index (χ4v) is 2.11. The van der Waals surface area contributed by atoms with E-state index in [1.807, 2.05) is 12.1 Å². The van der Waals surface area contributed by atoms with Crippen LogP contribution in [0.25, 0.3) is 10.9 Å². The Morgan fingerprint density at radius 2 is 1.89 bits per heavy atom. The topological polar surface area (TPSA) is 56.6 Å². The number of phenolic OH excluding ortho intramolecular Hbond substituents is 2. The highest BCUT2D eigenvalue weighted by molar-refractivity contribution is 5.89. The largest absolute Gasteiger partial charge is 0.507 e. The first-order valence-electron chi connectivity index (χ1n) is 6.18. The summed E-state index contributed by atoms with van der Waals surface area (Å²) in [6, 6.07) is 5.06. The van der Waals surface area contributed by atoms with Gasteiger partial charge in [0.05, 0.1) is 0 Å². The molecule has 96 valence electrons. The standard InChI is InChI=1S/C14H18N2O2/c1-3-16(4-2)9-11-10-6-5-7-15-14(10)13(18)8-12(11)17/h5-8,17-18H,3-4,9H2,1-2H3. The second-order valence-corrected chi connectivity index (χ2v) is 4.25. The molecule has 0 saturated heterocycles. The van der Waals surface area contributed by atoms with Crippen LogP contribution in [0.15, 0.2) is 24.4 Å². The average Bonchev–Trinajstić information content (AvgIpc) is 2.39. The molecule has 0 spiro atoms. The van der Waals surface area contributed by atoms with Crippen LogP contribution in [0, 0.1) is 0 Å². The third kappa shape index (κ3) is 2.24. The monoisotopic (exact) mass is 246 g/mol. The van der Waals surface area contributed by atoms with E-state index >= 15 is 0 Å². The van der Waals surface area contributed by atoms with E-state index in [1.165, 1.54) is 6.07 Å². The first-order valence-corrected chi connectivity index (χ1v) is 6.18. The lowest BCUT2D eigenvalue weighted by atomic mass is 10.1. The molecular formula is C14H18N2O2. The Morgan fingerprint density at radius 1 is 1.17 bits per heavy atom. The van der Waals surface area contributed by atoms with Crippen molar-refractivity contribution in [2.45, 2.75) is 20.4 Å². The van der Waals surface area contributed by atoms with Gasteiger partial charge in [-0.1, -0.05) is 19.9 Å². The molecule has 0 aliphatic carbocycles. The first kappa shape index (κ1) is 12.6. The van der Waals surface area contributed by atoms with Crippen LogP contribution in [0.1, 0.15) is 19.4 Å². The maximum Gasteiger partial charge on any atom is 0.145 e. The van der Waals surface area contributed by atoms with Crippen molar-refractivity contribution >= 4 is 10.9 Å². The Labute approximate surface area is 107 Å². The van der Waals surface area contributed by atoms with Gasteiger partial charge in [-0.2, -0.15) is 0 Å². The van der Waals surface area contributed by atoms with Gasteiger partial charge in [-0.25, -0.2) is 0 Å². The minimum Gasteiger partial charge on any atom is -0.507 e. The zero-order valence-corrected chi connectivity index (χ0v) is 10.7. The average molecular weight is 246 g/mol. The molecule has 1 aromatic heterocycles. The van der Waals surface area contributed by atoms with E-state index in [2.05, 4.69) is 23.7 Å². The van der Waals surface area contributed by atoms with Gasteiger partial charge in [-0.15, -0.1) is 0 Å². The van der Waals surface area contributed by atoms with Gasteiger partial charge in [0.15, 0.2) is 0 Å². The summed E-state index contributed by atoms with van der Waals surface area (Å²) in [5, 5.41) is 20.6. The van der Waals surface area contributed by atoms with Crippen LogP contribution in [0.2, 0.25) is 0 Å². The van der Waals surface area contributed by atoms with Crippen molar-refractivity contribution < 1.29 is 10.2 Å². The van der Waals surface area contributed by atoms with Gasteiger partial charge < -0.3 is 10.2 Å². The van der Waals surface area contributed by atoms with Gasteiger partial charge in [-0.3, -0.25) is 9.88 Å². The number of aromatic nitrogens is 1. The van der Waals surface area contributed by atoms with Crippen LogP contribution in [-0.2, 0) is 6.54 Å². The predicted molar refractivity (Wildman–Crippen MR) is 71.7 cm³/mol. The van der Waals surface area contributed by atoms with Gasteiger partial charge in [0.1, 0.15) is 17.0 Å². The number of hydrogen-bond acceptors (Lipinski definition) is 4. The van der Waals surface area contributed by atoms with E-state index in [1.54, 1.807) is 6.20 Å². The molecule has 0 unspecified atom stereocenters. The molecule has 0 fully saturated rings. The van der Waals surface area contributed by atoms with E-state index in [-0.39, 0.29) is 11.5 Å². The number of nitrogens with zero attached hydrogens (tertiary/aromatic N) is 2. The first-order chi connectivity index (χ1) is 8.67. The molecule has 4 nitrogen and oxygen atoms in total. The number of rotatable bonds is 4. The van der Waals surface area contributed by atoms with Gasteiger partial charge in [0, 0.05) is 29.8 Å². The maximum atomic E-state index is 10.0. The van der Waals surface area contributed by atoms with Crippen LogP contribution in [0.5, 0.6) is 11.5 Å². The Bertz CT molecular complexity index is 551. The minimum atomic E-state index is 0.0198. The molecule has 4 heteroatoms. The summed E-state index contributed by atoms with van der Waals surface area (Å²) in [6.07, 6.45) is 1.64. The molecule has 1 aromatic carbocycles. The molecule has 2 N–H and O–H groups in total. The van der Waals surface area contributed by atoms with E-state index < -0.39 is 0 Å². The minimum absolute atomic E-state index is 0.0198. The van der Waals surface area contributed by atoms with Crippen LogP contribution >= 0.6 is 0 Å². The van der Waals surface area contributed by atoms with Crippen molar-refractivity contribution in [3.63, 3.8) is 0 Å². The normalized spacial score (nSPS) is 11.3. The number of aromatic hydroxyl groups is 2. The number of fused-ring (bicyclic) bond motifs is 1. The number of pyridine rings is 1. The Kier molecular flexibility index (Phi) is 3.67. The highest BCUT2D eigenvalue weighted by Gasteiger charge is 2.13. The summed E-state index contributed by atoms with van der Waals surface area (Å²) < 4.78 is 0. The van der Waals surface area contributed by atoms with Crippen molar-refractivity contribution in [3.8, 4) is 11.5 Å². The van der Waals surface area contributed by atoms with E-state index in [0.717, 1.165) is 24.0 Å². The van der Waals surface area contributed by atoms with E-state index in [0.29, 0.717) is 12.1 Å². The lowest BCUT2D eigenvalue weighted by Crippen LogP contribution is -2.22. The molecular weight excluding hydrogens is 228 g/mol. The molecule has 0 saturated carbocycles. The Balaban J connectivity index is 2.55. The summed E-state index contributed by atoms with van der Waals surface area (Å²) >= 11 is 0. The van der Waals surface area contributed by atoms with Crippen LogP contribution in [-0.4, -0.2) is 33.2 Å². The third-order valence-electron chi connectivity index (χ3n) is 3.23. The lowest BCUT2D eigenvalue weighted by Gasteiger charge is -2.20. The van der Waals surface area contributed by atoms with Crippen LogP contribution < -0.4 is 0 Å². The van der Waals surface area contributed by atoms with Gasteiger partial charge in [-0.05, 0) is 19.2 Å². The quantitative estimate of drug-likeness (QED) is 0.870. The molecule has 1 heterocycles. The summed E-state index contributed by atoms with van der Waals surface area (Å²) in [5.74, 6) is 0.145. The van der Waals surface area contributed by atoms with Gasteiger partial charge in [0.2, 0.25) is 0 Å². The zero-order chi connectivity index (χ0) is 13.1. The summed E-state index contributed by atoms with van der Waals surface area (Å²) in [7, 11) is 0. The zero-order valence-electron chi connectivity index (χ0n) is 10.7. The third-order valence-corrected chi connectivity index (χ3v) is 3.23. The fraction of sp³-hybridized carbons (Fsp3) is 0.357. The van der Waals surface area contributed by atoms with Crippen molar-refractivity contribution in [1.82, 2.24) is 9.88 Å². The second-order valence-electron chi connectivity index (χ2n) is 4.25. The lowest BCUT2D eigenvalue weighted by molar-refractivity contribution is 0.292. The van der Waals surface area contributed by atoms with Crippen molar-refractivity contribution in [2.24, 2.45) is 0 Å². The highest BCUT2D eigenvalue weighted by atomic mass is 16.3. The molecule has 0 bridgehead atoms. The fourth-order valence-electron chi connectivity index (χ4n) is 2.11. The highest BCUT2D eigenvalue weighted by Crippen LogP contribution is 2.33. The number of benzene rings is 1.